The van der Waals surface area contributed by atoms with Gasteiger partial charge in [0, 0.05) is 12.3 Å². The minimum atomic E-state index is -1.04. The van der Waals surface area contributed by atoms with Gasteiger partial charge in [-0.05, 0) is 28.7 Å². The van der Waals surface area contributed by atoms with E-state index in [1.807, 2.05) is 48.5 Å². The van der Waals surface area contributed by atoms with Crippen LogP contribution in [0.5, 0.6) is 0 Å². The van der Waals surface area contributed by atoms with Crippen LogP contribution >= 0.6 is 0 Å². The van der Waals surface area contributed by atoms with Crippen LogP contribution in [0.2, 0.25) is 0 Å². The molecule has 1 N–H and O–H groups in total. The van der Waals surface area contributed by atoms with Crippen LogP contribution in [-0.2, 0) is 19.1 Å². The first-order valence-corrected chi connectivity index (χ1v) is 9.06. The molecular weight excluding hydrogens is 362 g/mol. The lowest BCUT2D eigenvalue weighted by Gasteiger charge is -2.21. The van der Waals surface area contributed by atoms with E-state index in [0.717, 1.165) is 27.2 Å². The van der Waals surface area contributed by atoms with E-state index < -0.39 is 24.1 Å². The topological polar surface area (TPSA) is 93.1 Å². The molecular formula is C21H19NO6. The SMILES string of the molecule is O=C(O)CCC1C(=O)OCN1C(=O)OCC1c2ccccc2-c2ccccc21. The maximum atomic E-state index is 12.6. The predicted molar refractivity (Wildman–Crippen MR) is 98.5 cm³/mol. The van der Waals surface area contributed by atoms with E-state index in [9.17, 15) is 14.4 Å². The van der Waals surface area contributed by atoms with Crippen molar-refractivity contribution in [3.8, 4) is 11.1 Å². The molecule has 0 saturated carbocycles. The molecule has 0 bridgehead atoms. The summed E-state index contributed by atoms with van der Waals surface area (Å²) in [5.74, 6) is -1.73. The number of benzene rings is 2. The first kappa shape index (κ1) is 18.0. The normalized spacial score (nSPS) is 17.8. The smallest absolute Gasteiger partial charge is 0.413 e. The number of carbonyl (C=O) groups excluding carboxylic acids is 2. The van der Waals surface area contributed by atoms with Gasteiger partial charge in [-0.1, -0.05) is 48.5 Å². The highest BCUT2D eigenvalue weighted by atomic mass is 16.6. The predicted octanol–water partition coefficient (Wildman–Crippen LogP) is 2.99. The summed E-state index contributed by atoms with van der Waals surface area (Å²) in [6.45, 7) is -0.0943. The van der Waals surface area contributed by atoms with Crippen molar-refractivity contribution in [2.75, 3.05) is 13.3 Å². The van der Waals surface area contributed by atoms with Gasteiger partial charge in [0.1, 0.15) is 12.6 Å². The number of rotatable bonds is 5. The first-order chi connectivity index (χ1) is 13.6. The average Bonchev–Trinajstić information content (AvgIpc) is 3.22. The lowest BCUT2D eigenvalue weighted by Crippen LogP contribution is -2.39. The van der Waals surface area contributed by atoms with Crippen molar-refractivity contribution in [2.24, 2.45) is 0 Å². The Morgan fingerprint density at radius 1 is 1.07 bits per heavy atom. The van der Waals surface area contributed by atoms with E-state index in [1.54, 1.807) is 0 Å². The standard InChI is InChI=1S/C21H19NO6/c23-19(24)10-9-18-20(25)28-12-22(18)21(26)27-11-17-15-7-3-1-5-13(15)14-6-2-4-8-16(14)17/h1-8,17-18H,9-12H2,(H,23,24). The molecule has 2 aromatic rings. The summed E-state index contributed by atoms with van der Waals surface area (Å²) in [5, 5.41) is 8.83. The number of fused-ring (bicyclic) bond motifs is 3. The van der Waals surface area contributed by atoms with Crippen molar-refractivity contribution in [3.63, 3.8) is 0 Å². The third-order valence-corrected chi connectivity index (χ3v) is 5.20. The van der Waals surface area contributed by atoms with Crippen LogP contribution in [0.4, 0.5) is 4.79 Å². The number of hydrogen-bond donors (Lipinski definition) is 1. The van der Waals surface area contributed by atoms with Gasteiger partial charge >= 0.3 is 18.0 Å². The van der Waals surface area contributed by atoms with Gasteiger partial charge in [-0.15, -0.1) is 0 Å². The van der Waals surface area contributed by atoms with Gasteiger partial charge < -0.3 is 14.6 Å². The Hall–Kier alpha value is -3.35. The zero-order chi connectivity index (χ0) is 19.7. The minimum absolute atomic E-state index is 0.00162. The second kappa shape index (κ2) is 7.34. The van der Waals surface area contributed by atoms with Crippen molar-refractivity contribution in [1.82, 2.24) is 4.90 Å². The largest absolute Gasteiger partial charge is 0.481 e. The van der Waals surface area contributed by atoms with Crippen molar-refractivity contribution >= 4 is 18.0 Å². The fourth-order valence-electron chi connectivity index (χ4n) is 3.84. The highest BCUT2D eigenvalue weighted by Crippen LogP contribution is 2.44. The summed E-state index contributed by atoms with van der Waals surface area (Å²) in [7, 11) is 0. The van der Waals surface area contributed by atoms with E-state index in [-0.39, 0.29) is 32.1 Å². The van der Waals surface area contributed by atoms with E-state index in [2.05, 4.69) is 0 Å². The second-order valence-corrected chi connectivity index (χ2v) is 6.81. The van der Waals surface area contributed by atoms with E-state index in [0.29, 0.717) is 0 Å². The molecule has 1 heterocycles. The number of cyclic esters (lactones) is 1. The molecule has 1 aliphatic carbocycles. The van der Waals surface area contributed by atoms with Crippen LogP contribution in [-0.4, -0.2) is 47.4 Å². The zero-order valence-corrected chi connectivity index (χ0v) is 15.0. The summed E-state index contributed by atoms with van der Waals surface area (Å²) in [5.41, 5.74) is 4.43. The Labute approximate surface area is 161 Å². The molecule has 1 amide bonds. The van der Waals surface area contributed by atoms with Crippen LogP contribution in [0, 0.1) is 0 Å². The number of amides is 1. The molecule has 0 spiro atoms. The van der Waals surface area contributed by atoms with Gasteiger partial charge in [0.05, 0.1) is 0 Å². The molecule has 7 nitrogen and oxygen atoms in total. The molecule has 4 rings (SSSR count). The Morgan fingerprint density at radius 3 is 2.29 bits per heavy atom. The number of esters is 1. The molecule has 0 aromatic heterocycles. The fourth-order valence-corrected chi connectivity index (χ4v) is 3.84. The highest BCUT2D eigenvalue weighted by Gasteiger charge is 2.39. The fraction of sp³-hybridized carbons (Fsp3) is 0.286. The van der Waals surface area contributed by atoms with Crippen molar-refractivity contribution in [2.45, 2.75) is 24.8 Å². The Bertz CT molecular complexity index is 894. The molecule has 0 radical (unpaired) electrons. The third kappa shape index (κ3) is 3.19. The first-order valence-electron chi connectivity index (χ1n) is 9.06. The van der Waals surface area contributed by atoms with Crippen molar-refractivity contribution < 1.29 is 29.0 Å². The molecule has 1 unspecified atom stereocenters. The quantitative estimate of drug-likeness (QED) is 0.801. The molecule has 28 heavy (non-hydrogen) atoms. The van der Waals surface area contributed by atoms with Crippen LogP contribution in [0.3, 0.4) is 0 Å². The van der Waals surface area contributed by atoms with Gasteiger partial charge in [-0.2, -0.15) is 0 Å². The highest BCUT2D eigenvalue weighted by molar-refractivity contribution is 5.84. The van der Waals surface area contributed by atoms with Gasteiger partial charge in [0.25, 0.3) is 0 Å². The van der Waals surface area contributed by atoms with Crippen LogP contribution in [0.25, 0.3) is 11.1 Å². The zero-order valence-electron chi connectivity index (χ0n) is 15.0. The molecule has 2 aliphatic rings. The monoisotopic (exact) mass is 381 g/mol. The Balaban J connectivity index is 1.48. The van der Waals surface area contributed by atoms with Gasteiger partial charge in [-0.25, -0.2) is 9.59 Å². The molecule has 1 atom stereocenters. The molecule has 144 valence electrons. The summed E-state index contributed by atoms with van der Waals surface area (Å²) < 4.78 is 10.4. The summed E-state index contributed by atoms with van der Waals surface area (Å²) >= 11 is 0. The van der Waals surface area contributed by atoms with Crippen LogP contribution in [0.1, 0.15) is 29.9 Å². The third-order valence-electron chi connectivity index (χ3n) is 5.20. The number of aliphatic carboxylic acids is 1. The second-order valence-electron chi connectivity index (χ2n) is 6.81. The lowest BCUT2D eigenvalue weighted by atomic mass is 9.98. The molecule has 1 saturated heterocycles. The van der Waals surface area contributed by atoms with Gasteiger partial charge in [0.15, 0.2) is 6.73 Å². The van der Waals surface area contributed by atoms with Gasteiger partial charge in [0.2, 0.25) is 0 Å². The average molecular weight is 381 g/mol. The lowest BCUT2D eigenvalue weighted by molar-refractivity contribution is -0.140. The van der Waals surface area contributed by atoms with Crippen molar-refractivity contribution in [3.05, 3.63) is 59.7 Å². The number of carboxylic acids is 1. The summed E-state index contributed by atoms with van der Waals surface area (Å²) in [4.78, 5) is 36.3. The van der Waals surface area contributed by atoms with E-state index >= 15 is 0 Å². The summed E-state index contributed by atoms with van der Waals surface area (Å²) in [6, 6.07) is 15.1. The van der Waals surface area contributed by atoms with Gasteiger partial charge in [-0.3, -0.25) is 9.69 Å². The molecule has 1 fully saturated rings. The van der Waals surface area contributed by atoms with Crippen molar-refractivity contribution in [1.29, 1.82) is 0 Å². The summed E-state index contributed by atoms with van der Waals surface area (Å²) in [6.07, 6.45) is -0.909. The Kier molecular flexibility index (Phi) is 4.73. The maximum absolute atomic E-state index is 12.6. The number of carbonyl (C=O) groups is 3. The molecule has 7 heteroatoms. The van der Waals surface area contributed by atoms with E-state index in [4.69, 9.17) is 14.6 Å². The minimum Gasteiger partial charge on any atom is -0.481 e. The molecule has 2 aromatic carbocycles. The number of hydrogen-bond acceptors (Lipinski definition) is 5. The van der Waals surface area contributed by atoms with Crippen LogP contribution in [0.15, 0.2) is 48.5 Å². The Morgan fingerprint density at radius 2 is 1.68 bits per heavy atom. The number of ether oxygens (including phenoxy) is 2. The number of nitrogens with zero attached hydrogens (tertiary/aromatic N) is 1. The number of carboxylic acid groups (broad SMARTS) is 1. The maximum Gasteiger partial charge on any atom is 0.413 e. The molecule has 1 aliphatic heterocycles. The van der Waals surface area contributed by atoms with E-state index in [1.165, 1.54) is 0 Å². The van der Waals surface area contributed by atoms with Crippen LogP contribution < -0.4 is 0 Å².